The number of esters is 4. The molecule has 6 atom stereocenters. The lowest BCUT2D eigenvalue weighted by molar-refractivity contribution is -0.278. The van der Waals surface area contributed by atoms with E-state index in [9.17, 15) is 50.7 Å². The highest BCUT2D eigenvalue weighted by Crippen LogP contribution is 2.44. The third kappa shape index (κ3) is 10.8. The molecule has 0 bridgehead atoms. The zero-order valence-corrected chi connectivity index (χ0v) is 32.4. The Morgan fingerprint density at radius 1 is 0.721 bits per heavy atom. The summed E-state index contributed by atoms with van der Waals surface area (Å²) in [6.45, 7) is 3.84. The topological polar surface area (TPSA) is 200 Å². The number of halogens is 5. The van der Waals surface area contributed by atoms with Gasteiger partial charge in [0.05, 0.1) is 6.61 Å². The van der Waals surface area contributed by atoms with Gasteiger partial charge in [-0.1, -0.05) is 61.2 Å². The molecule has 5 rings (SSSR count). The molecule has 1 aliphatic heterocycles. The number of nitrogens with one attached hydrogen (secondary N) is 2. The highest BCUT2D eigenvalue weighted by molar-refractivity contribution is 5.83. The number of rotatable bonds is 15. The minimum Gasteiger partial charge on any atom is -0.463 e. The number of fused-ring (bicyclic) bond motifs is 3. The van der Waals surface area contributed by atoms with Crippen molar-refractivity contribution < 1.29 is 88.6 Å². The maximum atomic E-state index is 14.7. The Bertz CT molecular complexity index is 2120. The SMILES string of the molecule is C=CCOC(=O)N[C@H]1[C@H](OC[C@H](NC(=O)OCC2c3ccccc3-c3ccccc32)C(=O)Oc2c(F)c(F)c(F)c(F)c2F)O[C@H](COC(C)=O)[C@@H](OC(C)=O)[C@@H]1OC(C)=O. The van der Waals surface area contributed by atoms with Gasteiger partial charge < -0.3 is 48.5 Å². The Kier molecular flexibility index (Phi) is 15.0. The van der Waals surface area contributed by atoms with Crippen molar-refractivity contribution in [2.45, 2.75) is 63.4 Å². The summed E-state index contributed by atoms with van der Waals surface area (Å²) in [7, 11) is 0. The fourth-order valence-corrected chi connectivity index (χ4v) is 6.50. The Morgan fingerprint density at radius 3 is 1.84 bits per heavy atom. The largest absolute Gasteiger partial charge is 0.463 e. The summed E-state index contributed by atoms with van der Waals surface area (Å²) in [5.41, 5.74) is 3.31. The summed E-state index contributed by atoms with van der Waals surface area (Å²) in [5, 5.41) is 4.37. The predicted molar refractivity (Wildman–Crippen MR) is 195 cm³/mol. The molecule has 61 heavy (non-hydrogen) atoms. The van der Waals surface area contributed by atoms with Crippen LogP contribution >= 0.6 is 0 Å². The number of hydrogen-bond donors (Lipinski definition) is 2. The zero-order valence-electron chi connectivity index (χ0n) is 32.4. The van der Waals surface area contributed by atoms with E-state index in [4.69, 9.17) is 33.2 Å². The van der Waals surface area contributed by atoms with E-state index >= 15 is 0 Å². The number of benzene rings is 3. The van der Waals surface area contributed by atoms with Crippen LogP contribution in [-0.4, -0.2) is 99.2 Å². The molecule has 3 aromatic carbocycles. The molecular formula is C40H37F5N2O14. The van der Waals surface area contributed by atoms with Gasteiger partial charge in [0.1, 0.15) is 32.0 Å². The molecule has 0 saturated carbocycles. The molecule has 0 radical (unpaired) electrons. The second-order valence-electron chi connectivity index (χ2n) is 13.2. The maximum Gasteiger partial charge on any atom is 0.407 e. The summed E-state index contributed by atoms with van der Waals surface area (Å²) >= 11 is 0. The van der Waals surface area contributed by atoms with Crippen LogP contribution in [0.4, 0.5) is 31.5 Å². The first-order chi connectivity index (χ1) is 29.0. The van der Waals surface area contributed by atoms with Crippen molar-refractivity contribution in [1.82, 2.24) is 10.6 Å². The fourth-order valence-electron chi connectivity index (χ4n) is 6.50. The molecule has 0 unspecified atom stereocenters. The molecule has 0 spiro atoms. The first kappa shape index (κ1) is 45.5. The van der Waals surface area contributed by atoms with E-state index in [1.54, 1.807) is 12.1 Å². The zero-order chi connectivity index (χ0) is 44.5. The van der Waals surface area contributed by atoms with Crippen LogP contribution in [0.2, 0.25) is 0 Å². The highest BCUT2D eigenvalue weighted by Gasteiger charge is 2.52. The third-order valence-corrected chi connectivity index (χ3v) is 9.04. The number of carbonyl (C=O) groups excluding carboxylic acids is 6. The van der Waals surface area contributed by atoms with E-state index in [1.807, 2.05) is 36.4 Å². The van der Waals surface area contributed by atoms with E-state index in [2.05, 4.69) is 21.9 Å². The summed E-state index contributed by atoms with van der Waals surface area (Å²) < 4.78 is 114. The third-order valence-electron chi connectivity index (χ3n) is 9.04. The molecule has 1 fully saturated rings. The van der Waals surface area contributed by atoms with Gasteiger partial charge in [0.25, 0.3) is 0 Å². The van der Waals surface area contributed by atoms with E-state index in [0.717, 1.165) is 43.0 Å². The lowest BCUT2D eigenvalue weighted by Crippen LogP contribution is -2.67. The predicted octanol–water partition coefficient (Wildman–Crippen LogP) is 4.64. The van der Waals surface area contributed by atoms with Gasteiger partial charge in [-0.05, 0) is 22.3 Å². The molecule has 21 heteroatoms. The van der Waals surface area contributed by atoms with Crippen LogP contribution < -0.4 is 15.4 Å². The van der Waals surface area contributed by atoms with Crippen LogP contribution in [-0.2, 0) is 52.3 Å². The molecular weight excluding hydrogens is 827 g/mol. The molecule has 16 nitrogen and oxygen atoms in total. The van der Waals surface area contributed by atoms with Crippen LogP contribution in [0, 0.1) is 29.1 Å². The van der Waals surface area contributed by atoms with Crippen molar-refractivity contribution in [3.63, 3.8) is 0 Å². The quantitative estimate of drug-likeness (QED) is 0.0407. The smallest absolute Gasteiger partial charge is 0.407 e. The van der Waals surface area contributed by atoms with Crippen LogP contribution in [0.25, 0.3) is 11.1 Å². The van der Waals surface area contributed by atoms with Crippen molar-refractivity contribution in [2.24, 2.45) is 0 Å². The van der Waals surface area contributed by atoms with Crippen molar-refractivity contribution >= 4 is 36.1 Å². The average Bonchev–Trinajstić information content (AvgIpc) is 3.54. The van der Waals surface area contributed by atoms with Crippen molar-refractivity contribution in [2.75, 3.05) is 26.4 Å². The summed E-state index contributed by atoms with van der Waals surface area (Å²) in [4.78, 5) is 76.1. The normalized spacial score (nSPS) is 19.6. The molecule has 3 aromatic rings. The van der Waals surface area contributed by atoms with Crippen LogP contribution in [0.1, 0.15) is 37.8 Å². The van der Waals surface area contributed by atoms with Crippen LogP contribution in [0.5, 0.6) is 5.75 Å². The van der Waals surface area contributed by atoms with Crippen molar-refractivity contribution in [1.29, 1.82) is 0 Å². The average molecular weight is 865 g/mol. The Labute approximate surface area is 343 Å². The fraction of sp³-hybridized carbons (Fsp3) is 0.350. The number of alkyl carbamates (subject to hydrolysis) is 2. The molecule has 2 aliphatic rings. The first-order valence-corrected chi connectivity index (χ1v) is 18.2. The van der Waals surface area contributed by atoms with E-state index in [0.29, 0.717) is 0 Å². The molecule has 1 aliphatic carbocycles. The number of amides is 2. The second-order valence-corrected chi connectivity index (χ2v) is 13.2. The number of ether oxygens (including phenoxy) is 8. The monoisotopic (exact) mass is 864 g/mol. The van der Waals surface area contributed by atoms with E-state index in [-0.39, 0.29) is 13.2 Å². The maximum absolute atomic E-state index is 14.7. The standard InChI is InChI=1S/C40H37F5N2O14/c1-5-14-54-40(53)47-33-36(59-20(4)50)34(58-19(3)49)27(17-55-18(2)48)60-38(33)56-16-26(37(51)61-35-31(44)29(42)28(41)30(43)32(35)45)46-39(52)57-15-25-23-12-8-6-10-21(23)22-11-7-9-13-24(22)25/h5-13,25-27,33-34,36,38H,1,14-17H2,2-4H3,(H,46,52)(H,47,53)/t26-,27+,33+,34+,36+,38+/m0/s1. The number of hydrogen-bond acceptors (Lipinski definition) is 14. The Hall–Kier alpha value is -6.61. The molecule has 1 heterocycles. The van der Waals surface area contributed by atoms with Gasteiger partial charge >= 0.3 is 36.1 Å². The highest BCUT2D eigenvalue weighted by atomic mass is 19.2. The lowest BCUT2D eigenvalue weighted by atomic mass is 9.96. The van der Waals surface area contributed by atoms with Crippen molar-refractivity contribution in [3.05, 3.63) is 101 Å². The van der Waals surface area contributed by atoms with Crippen LogP contribution in [0.3, 0.4) is 0 Å². The Morgan fingerprint density at radius 2 is 1.28 bits per heavy atom. The van der Waals surface area contributed by atoms with Gasteiger partial charge in [-0.25, -0.2) is 27.6 Å². The number of carbonyl (C=O) groups is 6. The summed E-state index contributed by atoms with van der Waals surface area (Å²) in [5.74, 6) is -19.7. The van der Waals surface area contributed by atoms with E-state index < -0.39 is 127 Å². The van der Waals surface area contributed by atoms with Crippen LogP contribution in [0.15, 0.2) is 61.2 Å². The van der Waals surface area contributed by atoms with Crippen molar-refractivity contribution in [3.8, 4) is 16.9 Å². The van der Waals surface area contributed by atoms with E-state index in [1.165, 1.54) is 6.08 Å². The lowest BCUT2D eigenvalue weighted by Gasteiger charge is -2.44. The first-order valence-electron chi connectivity index (χ1n) is 18.2. The van der Waals surface area contributed by atoms with Gasteiger partial charge in [0.15, 0.2) is 24.5 Å². The summed E-state index contributed by atoms with van der Waals surface area (Å²) in [6, 6.07) is 10.5. The molecule has 0 aromatic heterocycles. The van der Waals surface area contributed by atoms with Gasteiger partial charge in [0, 0.05) is 26.7 Å². The minimum atomic E-state index is -2.55. The van der Waals surface area contributed by atoms with Gasteiger partial charge in [-0.3, -0.25) is 14.4 Å². The van der Waals surface area contributed by atoms with Gasteiger partial charge in [0.2, 0.25) is 34.8 Å². The molecule has 2 amide bonds. The second kappa shape index (κ2) is 20.1. The molecule has 2 N–H and O–H groups in total. The Balaban J connectivity index is 1.46. The molecule has 326 valence electrons. The molecule has 1 saturated heterocycles. The van der Waals surface area contributed by atoms with Gasteiger partial charge in [-0.2, -0.15) is 8.78 Å². The summed E-state index contributed by atoms with van der Waals surface area (Å²) in [6.07, 6.45) is -8.22. The van der Waals surface area contributed by atoms with Gasteiger partial charge in [-0.15, -0.1) is 0 Å². The minimum absolute atomic E-state index is 0.329.